The van der Waals surface area contributed by atoms with Crippen molar-refractivity contribution in [2.75, 3.05) is 26.4 Å². The predicted octanol–water partition coefficient (Wildman–Crippen LogP) is 1.92. The molecule has 0 amide bonds. The number of hydrogen-bond acceptors (Lipinski definition) is 4. The summed E-state index contributed by atoms with van der Waals surface area (Å²) in [5, 5.41) is 23.2. The van der Waals surface area contributed by atoms with Crippen molar-refractivity contribution in [3.05, 3.63) is 28.8 Å². The fourth-order valence-corrected chi connectivity index (χ4v) is 2.55. The fourth-order valence-electron chi connectivity index (χ4n) is 2.35. The molecular weight excluding hydrogens is 266 g/mol. The van der Waals surface area contributed by atoms with Gasteiger partial charge < -0.3 is 20.3 Å². The summed E-state index contributed by atoms with van der Waals surface area (Å²) in [6.45, 7) is 2.80. The summed E-state index contributed by atoms with van der Waals surface area (Å²) in [4.78, 5) is 0. The number of phenolic OH excluding ortho intramolecular Hbond substituents is 1. The van der Waals surface area contributed by atoms with E-state index in [2.05, 4.69) is 5.32 Å². The van der Waals surface area contributed by atoms with E-state index < -0.39 is 0 Å². The van der Waals surface area contributed by atoms with Gasteiger partial charge in [-0.15, -0.1) is 0 Å². The molecule has 3 N–H and O–H groups in total. The first-order chi connectivity index (χ1) is 9.15. The Hall–Kier alpha value is -0.810. The standard InChI is InChI=1S/C14H20ClNO3/c15-12-1-2-13(18)11(7-12)8-16-9-14(10-17)3-5-19-6-4-14/h1-2,7,16-18H,3-6,8-10H2. The van der Waals surface area contributed by atoms with Crippen molar-refractivity contribution in [1.29, 1.82) is 0 Å². The first kappa shape index (κ1) is 14.6. The number of benzene rings is 1. The average molecular weight is 286 g/mol. The lowest BCUT2D eigenvalue weighted by molar-refractivity contribution is -0.0154. The third kappa shape index (κ3) is 3.83. The number of aliphatic hydroxyl groups excluding tert-OH is 1. The number of hydrogen-bond donors (Lipinski definition) is 3. The van der Waals surface area contributed by atoms with Gasteiger partial charge in [0.05, 0.1) is 6.61 Å². The Morgan fingerprint density at radius 2 is 2.05 bits per heavy atom. The minimum atomic E-state index is -0.105. The highest BCUT2D eigenvalue weighted by Gasteiger charge is 2.31. The molecule has 1 heterocycles. The number of aliphatic hydroxyl groups is 1. The maximum absolute atomic E-state index is 9.73. The maximum Gasteiger partial charge on any atom is 0.120 e. The number of phenols is 1. The molecule has 19 heavy (non-hydrogen) atoms. The summed E-state index contributed by atoms with van der Waals surface area (Å²) in [5.41, 5.74) is 0.666. The molecule has 0 aromatic heterocycles. The van der Waals surface area contributed by atoms with E-state index in [4.69, 9.17) is 16.3 Å². The van der Waals surface area contributed by atoms with E-state index in [0.29, 0.717) is 31.3 Å². The molecule has 4 nitrogen and oxygen atoms in total. The molecule has 1 aliphatic rings. The van der Waals surface area contributed by atoms with Crippen LogP contribution in [0.25, 0.3) is 0 Å². The van der Waals surface area contributed by atoms with Gasteiger partial charge in [-0.1, -0.05) is 11.6 Å². The first-order valence-corrected chi connectivity index (χ1v) is 6.90. The van der Waals surface area contributed by atoms with Gasteiger partial charge in [-0.05, 0) is 31.0 Å². The van der Waals surface area contributed by atoms with Gasteiger partial charge in [-0.25, -0.2) is 0 Å². The largest absolute Gasteiger partial charge is 0.508 e. The molecule has 1 aromatic rings. The molecular formula is C14H20ClNO3. The van der Waals surface area contributed by atoms with Gasteiger partial charge in [0, 0.05) is 42.3 Å². The van der Waals surface area contributed by atoms with Crippen molar-refractivity contribution in [1.82, 2.24) is 5.32 Å². The third-order valence-electron chi connectivity index (χ3n) is 3.75. The Morgan fingerprint density at radius 1 is 1.32 bits per heavy atom. The normalized spacial score (nSPS) is 18.4. The number of ether oxygens (including phenoxy) is 1. The van der Waals surface area contributed by atoms with Gasteiger partial charge in [-0.2, -0.15) is 0 Å². The van der Waals surface area contributed by atoms with Crippen LogP contribution in [0.5, 0.6) is 5.75 Å². The molecule has 1 aliphatic heterocycles. The molecule has 0 spiro atoms. The SMILES string of the molecule is OCC1(CNCc2cc(Cl)ccc2O)CCOCC1. The van der Waals surface area contributed by atoms with Crippen molar-refractivity contribution in [3.63, 3.8) is 0 Å². The molecule has 5 heteroatoms. The van der Waals surface area contributed by atoms with Crippen LogP contribution in [0, 0.1) is 5.41 Å². The summed E-state index contributed by atoms with van der Waals surface area (Å²) in [6.07, 6.45) is 1.72. The lowest BCUT2D eigenvalue weighted by Crippen LogP contribution is -2.41. The van der Waals surface area contributed by atoms with E-state index in [1.165, 1.54) is 0 Å². The van der Waals surface area contributed by atoms with Crippen molar-refractivity contribution < 1.29 is 14.9 Å². The van der Waals surface area contributed by atoms with E-state index in [-0.39, 0.29) is 17.8 Å². The van der Waals surface area contributed by atoms with Gasteiger partial charge >= 0.3 is 0 Å². The van der Waals surface area contributed by atoms with Crippen LogP contribution < -0.4 is 5.32 Å². The highest BCUT2D eigenvalue weighted by atomic mass is 35.5. The zero-order valence-electron chi connectivity index (χ0n) is 10.9. The van der Waals surface area contributed by atoms with Crippen LogP contribution in [0.1, 0.15) is 18.4 Å². The minimum absolute atomic E-state index is 0.105. The molecule has 0 saturated carbocycles. The Kier molecular flexibility index (Phi) is 5.05. The lowest BCUT2D eigenvalue weighted by atomic mass is 9.81. The van der Waals surface area contributed by atoms with Crippen LogP contribution in [0.4, 0.5) is 0 Å². The second-order valence-corrected chi connectivity index (χ2v) is 5.58. The molecule has 106 valence electrons. The summed E-state index contributed by atoms with van der Waals surface area (Å²) < 4.78 is 5.33. The van der Waals surface area contributed by atoms with Crippen molar-refractivity contribution >= 4 is 11.6 Å². The Morgan fingerprint density at radius 3 is 2.74 bits per heavy atom. The summed E-state index contributed by atoms with van der Waals surface area (Å²) >= 11 is 5.90. The van der Waals surface area contributed by atoms with E-state index in [1.807, 2.05) is 0 Å². The monoisotopic (exact) mass is 285 g/mol. The van der Waals surface area contributed by atoms with Crippen LogP contribution in [0.3, 0.4) is 0 Å². The van der Waals surface area contributed by atoms with Crippen molar-refractivity contribution in [2.24, 2.45) is 5.41 Å². The van der Waals surface area contributed by atoms with Crippen LogP contribution in [0.2, 0.25) is 5.02 Å². The van der Waals surface area contributed by atoms with Crippen molar-refractivity contribution in [3.8, 4) is 5.75 Å². The van der Waals surface area contributed by atoms with Crippen LogP contribution >= 0.6 is 11.6 Å². The average Bonchev–Trinajstić information content (AvgIpc) is 2.44. The Bertz CT molecular complexity index is 419. The molecule has 2 rings (SSSR count). The van der Waals surface area contributed by atoms with Gasteiger partial charge in [-0.3, -0.25) is 0 Å². The van der Waals surface area contributed by atoms with Crippen LogP contribution in [-0.4, -0.2) is 36.6 Å². The number of nitrogens with one attached hydrogen (secondary N) is 1. The molecule has 0 radical (unpaired) electrons. The highest BCUT2D eigenvalue weighted by molar-refractivity contribution is 6.30. The summed E-state index contributed by atoms with van der Waals surface area (Å²) in [7, 11) is 0. The molecule has 0 bridgehead atoms. The van der Waals surface area contributed by atoms with E-state index in [9.17, 15) is 10.2 Å². The van der Waals surface area contributed by atoms with Gasteiger partial charge in [0.1, 0.15) is 5.75 Å². The summed E-state index contributed by atoms with van der Waals surface area (Å²) in [5.74, 6) is 0.238. The van der Waals surface area contributed by atoms with Crippen LogP contribution in [-0.2, 0) is 11.3 Å². The molecule has 0 aliphatic carbocycles. The smallest absolute Gasteiger partial charge is 0.120 e. The topological polar surface area (TPSA) is 61.7 Å². The highest BCUT2D eigenvalue weighted by Crippen LogP contribution is 2.29. The van der Waals surface area contributed by atoms with Crippen LogP contribution in [0.15, 0.2) is 18.2 Å². The zero-order chi connectivity index (χ0) is 13.7. The lowest BCUT2D eigenvalue weighted by Gasteiger charge is -2.35. The fraction of sp³-hybridized carbons (Fsp3) is 0.571. The minimum Gasteiger partial charge on any atom is -0.508 e. The second kappa shape index (κ2) is 6.57. The molecule has 1 fully saturated rings. The Labute approximate surface area is 118 Å². The molecule has 1 saturated heterocycles. The van der Waals surface area contributed by atoms with E-state index in [1.54, 1.807) is 18.2 Å². The second-order valence-electron chi connectivity index (χ2n) is 5.15. The number of rotatable bonds is 5. The quantitative estimate of drug-likeness (QED) is 0.774. The summed E-state index contributed by atoms with van der Waals surface area (Å²) in [6, 6.07) is 5.00. The molecule has 0 atom stereocenters. The van der Waals surface area contributed by atoms with Gasteiger partial charge in [0.2, 0.25) is 0 Å². The van der Waals surface area contributed by atoms with Crippen molar-refractivity contribution in [2.45, 2.75) is 19.4 Å². The molecule has 0 unspecified atom stereocenters. The molecule has 1 aromatic carbocycles. The Balaban J connectivity index is 1.90. The predicted molar refractivity (Wildman–Crippen MR) is 74.4 cm³/mol. The number of halogens is 1. The zero-order valence-corrected chi connectivity index (χ0v) is 11.6. The third-order valence-corrected chi connectivity index (χ3v) is 3.98. The van der Waals surface area contributed by atoms with E-state index >= 15 is 0 Å². The maximum atomic E-state index is 9.73. The number of aromatic hydroxyl groups is 1. The van der Waals surface area contributed by atoms with Gasteiger partial charge in [0.15, 0.2) is 0 Å². The first-order valence-electron chi connectivity index (χ1n) is 6.52. The van der Waals surface area contributed by atoms with E-state index in [0.717, 1.165) is 18.4 Å². The van der Waals surface area contributed by atoms with Gasteiger partial charge in [0.25, 0.3) is 0 Å².